The van der Waals surface area contributed by atoms with Gasteiger partial charge in [0.25, 0.3) is 0 Å². The largest absolute Gasteiger partial charge is 0.327 e. The lowest BCUT2D eigenvalue weighted by Crippen LogP contribution is -2.38. The molecule has 2 heteroatoms. The second kappa shape index (κ2) is 4.19. The molecule has 0 radical (unpaired) electrons. The molecule has 3 N–H and O–H groups in total. The first-order chi connectivity index (χ1) is 6.33. The molecule has 14 heavy (non-hydrogen) atoms. The molecule has 0 amide bonds. The summed E-state index contributed by atoms with van der Waals surface area (Å²) in [6, 6.07) is 0.307. The van der Waals surface area contributed by atoms with Gasteiger partial charge in [0, 0.05) is 12.6 Å². The van der Waals surface area contributed by atoms with Crippen LogP contribution in [0, 0.1) is 10.8 Å². The maximum Gasteiger partial charge on any atom is 0.00997 e. The van der Waals surface area contributed by atoms with E-state index in [1.54, 1.807) is 0 Å². The molecule has 0 aromatic carbocycles. The first-order valence-electron chi connectivity index (χ1n) is 5.80. The Hall–Kier alpha value is -0.0800. The van der Waals surface area contributed by atoms with Gasteiger partial charge in [-0.15, -0.1) is 0 Å². The molecule has 0 aromatic heterocycles. The average Bonchev–Trinajstić information content (AvgIpc) is 2.76. The minimum Gasteiger partial charge on any atom is -0.327 e. The highest BCUT2D eigenvalue weighted by Gasteiger charge is 2.36. The van der Waals surface area contributed by atoms with Crippen molar-refractivity contribution in [2.75, 3.05) is 13.1 Å². The quantitative estimate of drug-likeness (QED) is 0.664. The molecule has 1 unspecified atom stereocenters. The topological polar surface area (TPSA) is 38.0 Å². The van der Waals surface area contributed by atoms with Gasteiger partial charge in [0.2, 0.25) is 0 Å². The monoisotopic (exact) mass is 198 g/mol. The third-order valence-corrected chi connectivity index (χ3v) is 3.40. The second-order valence-corrected chi connectivity index (χ2v) is 6.25. The van der Waals surface area contributed by atoms with E-state index in [1.807, 2.05) is 0 Å². The Bertz CT molecular complexity index is 177. The summed E-state index contributed by atoms with van der Waals surface area (Å²) in [5, 5.41) is 3.51. The zero-order chi connectivity index (χ0) is 10.8. The van der Waals surface area contributed by atoms with E-state index < -0.39 is 0 Å². The predicted octanol–water partition coefficient (Wildman–Crippen LogP) is 2.14. The van der Waals surface area contributed by atoms with Gasteiger partial charge in [-0.2, -0.15) is 0 Å². The Kier molecular flexibility index (Phi) is 3.59. The summed E-state index contributed by atoms with van der Waals surface area (Å²) >= 11 is 0. The van der Waals surface area contributed by atoms with Gasteiger partial charge in [-0.25, -0.2) is 0 Å². The van der Waals surface area contributed by atoms with Crippen LogP contribution in [0.4, 0.5) is 0 Å². The average molecular weight is 198 g/mol. The van der Waals surface area contributed by atoms with Crippen molar-refractivity contribution in [1.29, 1.82) is 0 Å². The molecule has 1 atom stereocenters. The van der Waals surface area contributed by atoms with Gasteiger partial charge in [0.1, 0.15) is 0 Å². The van der Waals surface area contributed by atoms with E-state index >= 15 is 0 Å². The summed E-state index contributed by atoms with van der Waals surface area (Å²) in [6.07, 6.45) is 3.87. The van der Waals surface area contributed by atoms with Gasteiger partial charge in [-0.05, 0) is 36.6 Å². The SMILES string of the molecule is CC1(CNCCC(N)C(C)(C)C)CC1. The van der Waals surface area contributed by atoms with Gasteiger partial charge in [0.05, 0.1) is 0 Å². The van der Waals surface area contributed by atoms with Crippen molar-refractivity contribution in [3.8, 4) is 0 Å². The maximum absolute atomic E-state index is 6.08. The zero-order valence-corrected chi connectivity index (χ0v) is 10.2. The lowest BCUT2D eigenvalue weighted by Gasteiger charge is -2.27. The van der Waals surface area contributed by atoms with Crippen molar-refractivity contribution >= 4 is 0 Å². The van der Waals surface area contributed by atoms with Crippen molar-refractivity contribution in [1.82, 2.24) is 5.32 Å². The van der Waals surface area contributed by atoms with Gasteiger partial charge in [-0.1, -0.05) is 27.7 Å². The third kappa shape index (κ3) is 3.97. The molecule has 0 aromatic rings. The van der Waals surface area contributed by atoms with Gasteiger partial charge in [-0.3, -0.25) is 0 Å². The first-order valence-corrected chi connectivity index (χ1v) is 5.80. The van der Waals surface area contributed by atoms with Crippen molar-refractivity contribution in [2.45, 2.75) is 53.0 Å². The van der Waals surface area contributed by atoms with Crippen LogP contribution in [-0.2, 0) is 0 Å². The van der Waals surface area contributed by atoms with Crippen molar-refractivity contribution in [3.63, 3.8) is 0 Å². The normalized spacial score (nSPS) is 22.1. The molecule has 84 valence electrons. The lowest BCUT2D eigenvalue weighted by atomic mass is 9.85. The third-order valence-electron chi connectivity index (χ3n) is 3.40. The van der Waals surface area contributed by atoms with Crippen molar-refractivity contribution in [2.24, 2.45) is 16.6 Å². The molecule has 0 saturated heterocycles. The Morgan fingerprint density at radius 2 is 1.93 bits per heavy atom. The van der Waals surface area contributed by atoms with E-state index in [4.69, 9.17) is 5.73 Å². The highest BCUT2D eigenvalue weighted by molar-refractivity contribution is 4.90. The number of nitrogens with one attached hydrogen (secondary N) is 1. The molecular weight excluding hydrogens is 172 g/mol. The summed E-state index contributed by atoms with van der Waals surface area (Å²) in [6.45, 7) is 11.2. The molecular formula is C12H26N2. The first kappa shape index (κ1) is 12.0. The zero-order valence-electron chi connectivity index (χ0n) is 10.2. The standard InChI is InChI=1S/C12H26N2/c1-11(2,3)10(13)5-8-14-9-12(4)6-7-12/h10,14H,5-9,13H2,1-4H3. The summed E-state index contributed by atoms with van der Waals surface area (Å²) in [4.78, 5) is 0. The van der Waals surface area contributed by atoms with Crippen LogP contribution in [0.3, 0.4) is 0 Å². The van der Waals surface area contributed by atoms with Gasteiger partial charge < -0.3 is 11.1 Å². The highest BCUT2D eigenvalue weighted by atomic mass is 14.9. The molecule has 1 aliphatic rings. The van der Waals surface area contributed by atoms with Gasteiger partial charge in [0.15, 0.2) is 0 Å². The molecule has 1 rings (SSSR count). The summed E-state index contributed by atoms with van der Waals surface area (Å²) < 4.78 is 0. The Labute approximate surface area is 88.6 Å². The number of nitrogens with two attached hydrogens (primary N) is 1. The van der Waals surface area contributed by atoms with E-state index in [-0.39, 0.29) is 5.41 Å². The highest BCUT2D eigenvalue weighted by Crippen LogP contribution is 2.43. The lowest BCUT2D eigenvalue weighted by molar-refractivity contribution is 0.300. The Balaban J connectivity index is 2.03. The molecule has 1 saturated carbocycles. The molecule has 0 heterocycles. The van der Waals surface area contributed by atoms with Crippen LogP contribution in [0.25, 0.3) is 0 Å². The fourth-order valence-corrected chi connectivity index (χ4v) is 1.47. The van der Waals surface area contributed by atoms with Crippen LogP contribution in [0.1, 0.15) is 47.0 Å². The number of hydrogen-bond acceptors (Lipinski definition) is 2. The molecule has 1 aliphatic carbocycles. The molecule has 0 spiro atoms. The second-order valence-electron chi connectivity index (χ2n) is 6.25. The van der Waals surface area contributed by atoms with Crippen LogP contribution in [0.5, 0.6) is 0 Å². The number of rotatable bonds is 5. The maximum atomic E-state index is 6.08. The van der Waals surface area contributed by atoms with E-state index in [2.05, 4.69) is 33.0 Å². The smallest absolute Gasteiger partial charge is 0.00997 e. The molecule has 2 nitrogen and oxygen atoms in total. The predicted molar refractivity (Wildman–Crippen MR) is 62.3 cm³/mol. The van der Waals surface area contributed by atoms with E-state index in [1.165, 1.54) is 19.4 Å². The van der Waals surface area contributed by atoms with Crippen LogP contribution < -0.4 is 11.1 Å². The van der Waals surface area contributed by atoms with E-state index in [0.29, 0.717) is 11.5 Å². The summed E-state index contributed by atoms with van der Waals surface area (Å²) in [5.41, 5.74) is 6.93. The minimum atomic E-state index is 0.241. The van der Waals surface area contributed by atoms with Crippen LogP contribution in [-0.4, -0.2) is 19.1 Å². The fraction of sp³-hybridized carbons (Fsp3) is 1.00. The van der Waals surface area contributed by atoms with Crippen LogP contribution in [0.2, 0.25) is 0 Å². The summed E-state index contributed by atoms with van der Waals surface area (Å²) in [7, 11) is 0. The fourth-order valence-electron chi connectivity index (χ4n) is 1.47. The van der Waals surface area contributed by atoms with Crippen molar-refractivity contribution < 1.29 is 0 Å². The van der Waals surface area contributed by atoms with Gasteiger partial charge >= 0.3 is 0 Å². The molecule has 0 aliphatic heterocycles. The molecule has 0 bridgehead atoms. The van der Waals surface area contributed by atoms with E-state index in [9.17, 15) is 0 Å². The Morgan fingerprint density at radius 3 is 2.36 bits per heavy atom. The number of hydrogen-bond donors (Lipinski definition) is 2. The Morgan fingerprint density at radius 1 is 1.36 bits per heavy atom. The van der Waals surface area contributed by atoms with Crippen LogP contribution in [0.15, 0.2) is 0 Å². The summed E-state index contributed by atoms with van der Waals surface area (Å²) in [5.74, 6) is 0. The minimum absolute atomic E-state index is 0.241. The van der Waals surface area contributed by atoms with Crippen LogP contribution >= 0.6 is 0 Å². The molecule has 1 fully saturated rings. The van der Waals surface area contributed by atoms with E-state index in [0.717, 1.165) is 13.0 Å². The van der Waals surface area contributed by atoms with Crippen molar-refractivity contribution in [3.05, 3.63) is 0 Å².